The van der Waals surface area contributed by atoms with E-state index in [1.54, 1.807) is 11.0 Å². The van der Waals surface area contributed by atoms with Gasteiger partial charge in [-0.2, -0.15) is 14.8 Å². The molecule has 1 N–H and O–H groups in total. The average molecular weight is 471 g/mol. The van der Waals surface area contributed by atoms with Crippen molar-refractivity contribution in [3.8, 4) is 5.95 Å². The number of hydrogen-bond acceptors (Lipinski definition) is 7. The lowest BCUT2D eigenvalue weighted by atomic mass is 9.93. The van der Waals surface area contributed by atoms with Crippen molar-refractivity contribution in [3.05, 3.63) is 35.6 Å². The summed E-state index contributed by atoms with van der Waals surface area (Å²) < 4.78 is 21.8. The van der Waals surface area contributed by atoms with E-state index in [1.807, 2.05) is 6.07 Å². The second-order valence-corrected chi connectivity index (χ2v) is 9.26. The summed E-state index contributed by atoms with van der Waals surface area (Å²) >= 11 is 0. The molecule has 2 aromatic heterocycles. The standard InChI is InChI=1S/C24H31FN6O3/c1-2-4-20-18-5-3-6-19(25)22(18)31(27-20)24-26-23(34-28-24)16-7-11-29(12-8-16)17-9-13-30(14-10-17)21(33)15-32/h3,5-6,16-17,32H,2,4,7-15H2,1H3. The number of aliphatic hydroxyl groups is 1. The van der Waals surface area contributed by atoms with E-state index in [2.05, 4.69) is 27.1 Å². The maximum atomic E-state index is 14.7. The van der Waals surface area contributed by atoms with Crippen molar-refractivity contribution < 1.29 is 18.8 Å². The Bertz CT molecular complexity index is 1140. The second kappa shape index (κ2) is 9.79. The van der Waals surface area contributed by atoms with Crippen molar-refractivity contribution in [1.29, 1.82) is 0 Å². The van der Waals surface area contributed by atoms with Crippen molar-refractivity contribution in [2.24, 2.45) is 0 Å². The van der Waals surface area contributed by atoms with Crippen LogP contribution in [0, 0.1) is 5.82 Å². The molecule has 0 bridgehead atoms. The van der Waals surface area contributed by atoms with E-state index < -0.39 is 6.61 Å². The Morgan fingerprint density at radius 2 is 1.94 bits per heavy atom. The number of aromatic nitrogens is 4. The zero-order chi connectivity index (χ0) is 23.7. The quantitative estimate of drug-likeness (QED) is 0.591. The molecule has 182 valence electrons. The van der Waals surface area contributed by atoms with E-state index in [-0.39, 0.29) is 23.6 Å². The summed E-state index contributed by atoms with van der Waals surface area (Å²) in [6.07, 6.45) is 5.34. The Morgan fingerprint density at radius 3 is 2.65 bits per heavy atom. The van der Waals surface area contributed by atoms with Gasteiger partial charge in [0.05, 0.1) is 5.69 Å². The number of aliphatic hydroxyl groups excluding tert-OH is 1. The lowest BCUT2D eigenvalue weighted by molar-refractivity contribution is -0.135. The fourth-order valence-corrected chi connectivity index (χ4v) is 5.33. The summed E-state index contributed by atoms with van der Waals surface area (Å²) in [4.78, 5) is 20.5. The highest BCUT2D eigenvalue weighted by Gasteiger charge is 2.32. The Labute approximate surface area is 197 Å². The second-order valence-electron chi connectivity index (χ2n) is 9.26. The van der Waals surface area contributed by atoms with Crippen molar-refractivity contribution in [3.63, 3.8) is 0 Å². The molecule has 2 saturated heterocycles. The molecule has 34 heavy (non-hydrogen) atoms. The van der Waals surface area contributed by atoms with Gasteiger partial charge in [-0.3, -0.25) is 4.79 Å². The highest BCUT2D eigenvalue weighted by atomic mass is 19.1. The number of rotatable bonds is 6. The number of halogens is 1. The number of carbonyl (C=O) groups excluding carboxylic acids is 1. The highest BCUT2D eigenvalue weighted by Crippen LogP contribution is 2.31. The first kappa shape index (κ1) is 22.9. The van der Waals surface area contributed by atoms with Crippen LogP contribution in [0.2, 0.25) is 0 Å². The van der Waals surface area contributed by atoms with Gasteiger partial charge in [-0.15, -0.1) is 0 Å². The molecule has 4 heterocycles. The van der Waals surface area contributed by atoms with Gasteiger partial charge in [0.1, 0.15) is 17.9 Å². The van der Waals surface area contributed by atoms with Crippen LogP contribution in [-0.4, -0.2) is 79.6 Å². The van der Waals surface area contributed by atoms with Crippen LogP contribution in [-0.2, 0) is 11.2 Å². The van der Waals surface area contributed by atoms with E-state index in [0.29, 0.717) is 30.5 Å². The van der Waals surface area contributed by atoms with Crippen molar-refractivity contribution in [1.82, 2.24) is 29.7 Å². The largest absolute Gasteiger partial charge is 0.387 e. The number of aryl methyl sites for hydroxylation is 1. The predicted molar refractivity (Wildman–Crippen MR) is 123 cm³/mol. The molecule has 3 aromatic rings. The fraction of sp³-hybridized carbons (Fsp3) is 0.583. The van der Waals surface area contributed by atoms with Crippen molar-refractivity contribution in [2.45, 2.75) is 57.4 Å². The van der Waals surface area contributed by atoms with Crippen LogP contribution in [0.5, 0.6) is 0 Å². The number of amides is 1. The minimum absolute atomic E-state index is 0.162. The fourth-order valence-electron chi connectivity index (χ4n) is 5.33. The predicted octanol–water partition coefficient (Wildman–Crippen LogP) is 2.66. The van der Waals surface area contributed by atoms with Gasteiger partial charge in [-0.25, -0.2) is 4.39 Å². The number of piperidine rings is 2. The van der Waals surface area contributed by atoms with Crippen molar-refractivity contribution >= 4 is 16.8 Å². The molecule has 0 atom stereocenters. The number of para-hydroxylation sites is 1. The average Bonchev–Trinajstić information content (AvgIpc) is 3.50. The van der Waals surface area contributed by atoms with E-state index in [4.69, 9.17) is 9.63 Å². The SMILES string of the molecule is CCCc1nn(-c2noc(C3CCN(C4CCN(C(=O)CO)CC4)CC3)n2)c2c(F)cccc12. The highest BCUT2D eigenvalue weighted by molar-refractivity contribution is 5.83. The van der Waals surface area contributed by atoms with E-state index >= 15 is 0 Å². The Kier molecular flexibility index (Phi) is 6.60. The minimum Gasteiger partial charge on any atom is -0.387 e. The number of carbonyl (C=O) groups is 1. The summed E-state index contributed by atoms with van der Waals surface area (Å²) in [5.74, 6) is 0.482. The number of benzene rings is 1. The smallest absolute Gasteiger partial charge is 0.291 e. The summed E-state index contributed by atoms with van der Waals surface area (Å²) in [6.45, 7) is 4.92. The number of fused-ring (bicyclic) bond motifs is 1. The lowest BCUT2D eigenvalue weighted by Crippen LogP contribution is -2.49. The van der Waals surface area contributed by atoms with Crippen LogP contribution in [0.3, 0.4) is 0 Å². The van der Waals surface area contributed by atoms with E-state index in [9.17, 15) is 9.18 Å². The van der Waals surface area contributed by atoms with Crippen LogP contribution in [0.4, 0.5) is 4.39 Å². The van der Waals surface area contributed by atoms with Crippen LogP contribution < -0.4 is 0 Å². The van der Waals surface area contributed by atoms with Gasteiger partial charge in [0.15, 0.2) is 0 Å². The van der Waals surface area contributed by atoms with Crippen LogP contribution in [0.1, 0.15) is 56.5 Å². The first-order chi connectivity index (χ1) is 16.6. The summed E-state index contributed by atoms with van der Waals surface area (Å²) in [6, 6.07) is 5.47. The van der Waals surface area contributed by atoms with Gasteiger partial charge < -0.3 is 19.4 Å². The van der Waals surface area contributed by atoms with Gasteiger partial charge in [0.25, 0.3) is 5.95 Å². The first-order valence-electron chi connectivity index (χ1n) is 12.2. The number of nitrogens with zero attached hydrogens (tertiary/aromatic N) is 6. The van der Waals surface area contributed by atoms with Gasteiger partial charge in [-0.1, -0.05) is 25.5 Å². The molecule has 0 aliphatic carbocycles. The van der Waals surface area contributed by atoms with Crippen LogP contribution in [0.25, 0.3) is 16.9 Å². The van der Waals surface area contributed by atoms with Gasteiger partial charge >= 0.3 is 0 Å². The molecular formula is C24H31FN6O3. The van der Waals surface area contributed by atoms with Gasteiger partial charge in [0, 0.05) is 30.4 Å². The summed E-state index contributed by atoms with van der Waals surface area (Å²) in [7, 11) is 0. The Balaban J connectivity index is 1.25. The third kappa shape index (κ3) is 4.32. The molecule has 2 aliphatic rings. The number of likely N-dealkylation sites (tertiary alicyclic amines) is 2. The zero-order valence-electron chi connectivity index (χ0n) is 19.5. The molecule has 2 aliphatic heterocycles. The normalized spacial score (nSPS) is 18.7. The maximum Gasteiger partial charge on any atom is 0.291 e. The molecule has 0 radical (unpaired) electrons. The third-order valence-electron chi connectivity index (χ3n) is 7.19. The molecule has 1 aromatic carbocycles. The topological polar surface area (TPSA) is 101 Å². The lowest BCUT2D eigenvalue weighted by Gasteiger charge is -2.41. The monoisotopic (exact) mass is 470 g/mol. The first-order valence-corrected chi connectivity index (χ1v) is 12.2. The minimum atomic E-state index is -0.414. The molecule has 0 saturated carbocycles. The zero-order valence-corrected chi connectivity index (χ0v) is 19.5. The third-order valence-corrected chi connectivity index (χ3v) is 7.19. The molecule has 10 heteroatoms. The molecule has 5 rings (SSSR count). The molecular weight excluding hydrogens is 439 g/mol. The maximum absolute atomic E-state index is 14.7. The molecule has 9 nitrogen and oxygen atoms in total. The molecule has 1 amide bonds. The van der Waals surface area contributed by atoms with Crippen LogP contribution >= 0.6 is 0 Å². The summed E-state index contributed by atoms with van der Waals surface area (Å²) in [5.41, 5.74) is 1.22. The van der Waals surface area contributed by atoms with Gasteiger partial charge in [-0.05, 0) is 56.4 Å². The van der Waals surface area contributed by atoms with Gasteiger partial charge in [0.2, 0.25) is 11.8 Å². The molecule has 2 fully saturated rings. The number of hydrogen-bond donors (Lipinski definition) is 1. The van der Waals surface area contributed by atoms with Crippen molar-refractivity contribution in [2.75, 3.05) is 32.8 Å². The molecule has 0 spiro atoms. The Hall–Kier alpha value is -2.85. The summed E-state index contributed by atoms with van der Waals surface area (Å²) in [5, 5.41) is 18.6. The molecule has 0 unspecified atom stereocenters. The van der Waals surface area contributed by atoms with E-state index in [1.165, 1.54) is 10.7 Å². The Morgan fingerprint density at radius 1 is 1.18 bits per heavy atom. The van der Waals surface area contributed by atoms with Crippen LogP contribution in [0.15, 0.2) is 22.7 Å². The van der Waals surface area contributed by atoms with E-state index in [0.717, 1.165) is 62.7 Å².